The highest BCUT2D eigenvalue weighted by atomic mass is 35.5. The van der Waals surface area contributed by atoms with Crippen LogP contribution in [0.2, 0.25) is 5.02 Å². The van der Waals surface area contributed by atoms with Gasteiger partial charge in [0.2, 0.25) is 5.82 Å². The smallest absolute Gasteiger partial charge is 0.282 e. The summed E-state index contributed by atoms with van der Waals surface area (Å²) in [5.74, 6) is 1.86. The van der Waals surface area contributed by atoms with Gasteiger partial charge in [0.1, 0.15) is 17.9 Å². The lowest BCUT2D eigenvalue weighted by Gasteiger charge is -2.14. The van der Waals surface area contributed by atoms with Crippen LogP contribution in [0.3, 0.4) is 0 Å². The lowest BCUT2D eigenvalue weighted by Crippen LogP contribution is -2.20. The molecule has 0 saturated heterocycles. The van der Waals surface area contributed by atoms with E-state index in [1.807, 2.05) is 36.4 Å². The molecule has 0 unspecified atom stereocenters. The number of ether oxygens (including phenoxy) is 3. The van der Waals surface area contributed by atoms with Crippen LogP contribution in [0.5, 0.6) is 17.2 Å². The minimum absolute atomic E-state index is 0.122. The number of aromatic nitrogens is 2. The van der Waals surface area contributed by atoms with Crippen LogP contribution in [0.1, 0.15) is 16.7 Å². The topological polar surface area (TPSA) is 112 Å². The first kappa shape index (κ1) is 27.6. The van der Waals surface area contributed by atoms with Gasteiger partial charge in [-0.15, -0.1) is 0 Å². The predicted molar refractivity (Wildman–Crippen MR) is 164 cm³/mol. The molecule has 0 aliphatic carbocycles. The molecular weight excluding hydrogens is 568 g/mol. The fourth-order valence-corrected chi connectivity index (χ4v) is 4.97. The van der Waals surface area contributed by atoms with Crippen molar-refractivity contribution in [1.82, 2.24) is 9.66 Å². The highest BCUT2D eigenvalue weighted by molar-refractivity contribution is 6.32. The van der Waals surface area contributed by atoms with Crippen molar-refractivity contribution in [3.8, 4) is 34.9 Å². The number of hydrogen-bond acceptors (Lipinski definition) is 8. The Bertz CT molecular complexity index is 2130. The second kappa shape index (κ2) is 11.7. The van der Waals surface area contributed by atoms with E-state index >= 15 is 0 Å². The maximum Gasteiger partial charge on any atom is 0.282 e. The van der Waals surface area contributed by atoms with Crippen LogP contribution in [0.4, 0.5) is 0 Å². The summed E-state index contributed by atoms with van der Waals surface area (Å²) in [5, 5.41) is 15.3. The van der Waals surface area contributed by atoms with E-state index in [1.165, 1.54) is 18.0 Å². The number of para-hydroxylation sites is 1. The molecule has 0 aliphatic heterocycles. The minimum atomic E-state index is -0.376. The Labute approximate surface area is 250 Å². The number of fused-ring (bicyclic) bond motifs is 2. The zero-order valence-corrected chi connectivity index (χ0v) is 23.8. The average molecular weight is 591 g/mol. The first-order valence-electron chi connectivity index (χ1n) is 13.1. The molecule has 2 aromatic heterocycles. The summed E-state index contributed by atoms with van der Waals surface area (Å²) < 4.78 is 24.3. The lowest BCUT2D eigenvalue weighted by molar-refractivity contribution is 0.284. The standard InChI is InChI=1S/C33H23ClN4O5/c1-40-27-12-7-13-28-24(27)16-30(43-28)32-37-26-11-6-5-10-23(26)33(39)38(32)36-18-20-14-25(34)31(29(15-20)41-2)42-19-22-9-4-3-8-21(22)17-35/h3-16,18H,19H2,1-2H3. The van der Waals surface area contributed by atoms with Crippen molar-refractivity contribution in [3.05, 3.63) is 117 Å². The van der Waals surface area contributed by atoms with E-state index in [0.29, 0.717) is 56.2 Å². The molecule has 0 amide bonds. The summed E-state index contributed by atoms with van der Waals surface area (Å²) in [7, 11) is 3.07. The second-order valence-electron chi connectivity index (χ2n) is 9.39. The van der Waals surface area contributed by atoms with Gasteiger partial charge in [0.25, 0.3) is 5.56 Å². The summed E-state index contributed by atoms with van der Waals surface area (Å²) in [6.45, 7) is 0.122. The molecule has 0 saturated carbocycles. The zero-order chi connectivity index (χ0) is 29.9. The van der Waals surface area contributed by atoms with E-state index < -0.39 is 0 Å². The van der Waals surface area contributed by atoms with Crippen LogP contribution in [-0.2, 0) is 6.61 Å². The van der Waals surface area contributed by atoms with Crippen LogP contribution in [0.25, 0.3) is 33.5 Å². The van der Waals surface area contributed by atoms with Gasteiger partial charge in [-0.2, -0.15) is 15.0 Å². The molecule has 4 aromatic carbocycles. The number of rotatable bonds is 8. The number of furan rings is 1. The molecule has 0 atom stereocenters. The van der Waals surface area contributed by atoms with Gasteiger partial charge in [0.15, 0.2) is 17.3 Å². The van der Waals surface area contributed by atoms with Crippen molar-refractivity contribution >= 4 is 39.7 Å². The molecule has 0 fully saturated rings. The number of benzene rings is 4. The Kier molecular flexibility index (Phi) is 7.52. The summed E-state index contributed by atoms with van der Waals surface area (Å²) in [4.78, 5) is 18.4. The Morgan fingerprint density at radius 3 is 2.58 bits per heavy atom. The van der Waals surface area contributed by atoms with Crippen molar-refractivity contribution in [3.63, 3.8) is 0 Å². The third-order valence-electron chi connectivity index (χ3n) is 6.80. The highest BCUT2D eigenvalue weighted by Gasteiger charge is 2.18. The molecule has 0 bridgehead atoms. The molecule has 2 heterocycles. The molecule has 0 aliphatic rings. The number of nitrogens with zero attached hydrogens (tertiary/aromatic N) is 4. The van der Waals surface area contributed by atoms with E-state index in [-0.39, 0.29) is 23.0 Å². The fourth-order valence-electron chi connectivity index (χ4n) is 4.70. The summed E-state index contributed by atoms with van der Waals surface area (Å²) in [6, 6.07) is 26.9. The van der Waals surface area contributed by atoms with Gasteiger partial charge in [-0.05, 0) is 54.1 Å². The van der Waals surface area contributed by atoms with Crippen molar-refractivity contribution in [2.45, 2.75) is 6.61 Å². The molecule has 10 heteroatoms. The summed E-state index contributed by atoms with van der Waals surface area (Å²) in [6.07, 6.45) is 1.48. The molecule has 0 spiro atoms. The Morgan fingerprint density at radius 2 is 1.77 bits per heavy atom. The van der Waals surface area contributed by atoms with E-state index in [0.717, 1.165) is 5.39 Å². The lowest BCUT2D eigenvalue weighted by atomic mass is 10.1. The van der Waals surface area contributed by atoms with Gasteiger partial charge in [-0.1, -0.05) is 48.0 Å². The van der Waals surface area contributed by atoms with Gasteiger partial charge in [0.05, 0.1) is 53.4 Å². The molecular formula is C33H23ClN4O5. The molecule has 0 N–H and O–H groups in total. The molecule has 212 valence electrons. The monoisotopic (exact) mass is 590 g/mol. The molecule has 9 nitrogen and oxygen atoms in total. The molecule has 0 radical (unpaired) electrons. The molecule has 6 aromatic rings. The average Bonchev–Trinajstić information content (AvgIpc) is 3.48. The predicted octanol–water partition coefficient (Wildman–Crippen LogP) is 6.81. The fraction of sp³-hybridized carbons (Fsp3) is 0.0909. The third kappa shape index (κ3) is 5.27. The summed E-state index contributed by atoms with van der Waals surface area (Å²) >= 11 is 6.61. The van der Waals surface area contributed by atoms with E-state index in [9.17, 15) is 10.1 Å². The van der Waals surface area contributed by atoms with Crippen molar-refractivity contribution in [1.29, 1.82) is 5.26 Å². The maximum atomic E-state index is 13.6. The largest absolute Gasteiger partial charge is 0.496 e. The van der Waals surface area contributed by atoms with Crippen molar-refractivity contribution < 1.29 is 18.6 Å². The normalized spacial score (nSPS) is 11.2. The van der Waals surface area contributed by atoms with Crippen LogP contribution in [-0.4, -0.2) is 30.1 Å². The van der Waals surface area contributed by atoms with Crippen LogP contribution in [0, 0.1) is 11.3 Å². The van der Waals surface area contributed by atoms with Gasteiger partial charge >= 0.3 is 0 Å². The zero-order valence-electron chi connectivity index (χ0n) is 23.1. The van der Waals surface area contributed by atoms with Gasteiger partial charge in [-0.25, -0.2) is 4.98 Å². The van der Waals surface area contributed by atoms with Crippen LogP contribution in [0.15, 0.2) is 99.2 Å². The van der Waals surface area contributed by atoms with Gasteiger partial charge in [0, 0.05) is 5.56 Å². The molecule has 43 heavy (non-hydrogen) atoms. The Hall–Kier alpha value is -5.59. The van der Waals surface area contributed by atoms with Crippen molar-refractivity contribution in [2.24, 2.45) is 5.10 Å². The number of methoxy groups -OCH3 is 2. The Balaban J connectivity index is 1.40. The SMILES string of the molecule is COc1cc(C=Nn2c(-c3cc4c(OC)cccc4o3)nc3ccccc3c2=O)cc(Cl)c1OCc1ccccc1C#N. The highest BCUT2D eigenvalue weighted by Crippen LogP contribution is 2.37. The summed E-state index contributed by atoms with van der Waals surface area (Å²) in [5.41, 5.74) is 2.48. The number of hydrogen-bond donors (Lipinski definition) is 0. The van der Waals surface area contributed by atoms with E-state index in [4.69, 9.17) is 35.2 Å². The minimum Gasteiger partial charge on any atom is -0.496 e. The van der Waals surface area contributed by atoms with Crippen LogP contribution >= 0.6 is 11.6 Å². The second-order valence-corrected chi connectivity index (χ2v) is 9.80. The Morgan fingerprint density at radius 1 is 0.977 bits per heavy atom. The van der Waals surface area contributed by atoms with E-state index in [2.05, 4.69) is 11.2 Å². The van der Waals surface area contributed by atoms with E-state index in [1.54, 1.807) is 55.6 Å². The first-order chi connectivity index (χ1) is 21.0. The van der Waals surface area contributed by atoms with Gasteiger partial charge < -0.3 is 18.6 Å². The number of nitriles is 1. The third-order valence-corrected chi connectivity index (χ3v) is 7.08. The maximum absolute atomic E-state index is 13.6. The first-order valence-corrected chi connectivity index (χ1v) is 13.5. The van der Waals surface area contributed by atoms with Crippen LogP contribution < -0.4 is 19.8 Å². The number of halogens is 1. The van der Waals surface area contributed by atoms with Crippen molar-refractivity contribution in [2.75, 3.05) is 14.2 Å². The molecule has 6 rings (SSSR count). The van der Waals surface area contributed by atoms with Gasteiger partial charge in [-0.3, -0.25) is 4.79 Å². The quantitative estimate of drug-likeness (QED) is 0.179.